The van der Waals surface area contributed by atoms with E-state index in [1.807, 2.05) is 19.1 Å². The number of likely N-dealkylation sites (tertiary alicyclic amines) is 1. The molecule has 1 aliphatic heterocycles. The molecule has 2 heterocycles. The van der Waals surface area contributed by atoms with Crippen LogP contribution in [0.3, 0.4) is 0 Å². The summed E-state index contributed by atoms with van der Waals surface area (Å²) in [6.07, 6.45) is 1.01. The molecule has 0 radical (unpaired) electrons. The Kier molecular flexibility index (Phi) is 5.27. The summed E-state index contributed by atoms with van der Waals surface area (Å²) in [5.41, 5.74) is 8.62. The highest BCUT2D eigenvalue weighted by atomic mass is 35.5. The van der Waals surface area contributed by atoms with Crippen molar-refractivity contribution in [3.8, 4) is 0 Å². The Morgan fingerprint density at radius 2 is 2.14 bits per heavy atom. The van der Waals surface area contributed by atoms with E-state index in [2.05, 4.69) is 17.9 Å². The zero-order valence-electron chi connectivity index (χ0n) is 13.0. The molecule has 1 aliphatic rings. The van der Waals surface area contributed by atoms with Crippen molar-refractivity contribution in [2.75, 3.05) is 13.1 Å². The summed E-state index contributed by atoms with van der Waals surface area (Å²) in [6.45, 7) is 6.94. The number of rotatable bonds is 2. The standard InChI is InChI=1S/C17H22N2O2.ClH/c1-11-3-4-14-13(8-17(20)21-16(14)7-11)10-19-6-5-15(18)12(2)9-19;/h3-4,7-8,12,15H,5-6,9-10,18H2,1-2H3;1H. The first-order valence-electron chi connectivity index (χ1n) is 7.54. The number of halogens is 1. The zero-order valence-corrected chi connectivity index (χ0v) is 13.9. The second-order valence-electron chi connectivity index (χ2n) is 6.26. The highest BCUT2D eigenvalue weighted by Crippen LogP contribution is 2.22. The fraction of sp³-hybridized carbons (Fsp3) is 0.471. The van der Waals surface area contributed by atoms with Crippen LogP contribution in [-0.2, 0) is 6.54 Å². The molecular weight excluding hydrogens is 300 g/mol. The summed E-state index contributed by atoms with van der Waals surface area (Å²) in [5, 5.41) is 1.03. The lowest BCUT2D eigenvalue weighted by Crippen LogP contribution is -2.45. The fourth-order valence-electron chi connectivity index (χ4n) is 3.10. The summed E-state index contributed by atoms with van der Waals surface area (Å²) in [7, 11) is 0. The van der Waals surface area contributed by atoms with Crippen molar-refractivity contribution in [3.63, 3.8) is 0 Å². The number of hydrogen-bond donors (Lipinski definition) is 1. The topological polar surface area (TPSA) is 59.5 Å². The first-order valence-corrected chi connectivity index (χ1v) is 7.54. The second-order valence-corrected chi connectivity index (χ2v) is 6.26. The van der Waals surface area contributed by atoms with Gasteiger partial charge in [0.2, 0.25) is 0 Å². The molecule has 0 amide bonds. The summed E-state index contributed by atoms with van der Waals surface area (Å²) >= 11 is 0. The van der Waals surface area contributed by atoms with Crippen LogP contribution in [0.5, 0.6) is 0 Å². The monoisotopic (exact) mass is 322 g/mol. The van der Waals surface area contributed by atoms with Crippen LogP contribution in [0.4, 0.5) is 0 Å². The fourth-order valence-corrected chi connectivity index (χ4v) is 3.10. The summed E-state index contributed by atoms with van der Waals surface area (Å²) in [4.78, 5) is 14.1. The average molecular weight is 323 g/mol. The molecule has 5 heteroatoms. The van der Waals surface area contributed by atoms with Crippen LogP contribution in [0.15, 0.2) is 33.5 Å². The van der Waals surface area contributed by atoms with Crippen LogP contribution in [0, 0.1) is 12.8 Å². The smallest absolute Gasteiger partial charge is 0.336 e. The van der Waals surface area contributed by atoms with E-state index in [9.17, 15) is 4.79 Å². The average Bonchev–Trinajstić information content (AvgIpc) is 2.42. The van der Waals surface area contributed by atoms with Crippen molar-refractivity contribution in [1.29, 1.82) is 0 Å². The molecule has 1 aromatic heterocycles. The Hall–Kier alpha value is -1.36. The molecule has 0 aliphatic carbocycles. The molecule has 1 saturated heterocycles. The van der Waals surface area contributed by atoms with Gasteiger partial charge in [-0.2, -0.15) is 0 Å². The predicted octanol–water partition coefficient (Wildman–Crippen LogP) is 2.69. The Balaban J connectivity index is 0.00000176. The zero-order chi connectivity index (χ0) is 15.0. The van der Waals surface area contributed by atoms with Crippen LogP contribution < -0.4 is 11.4 Å². The molecule has 2 atom stereocenters. The van der Waals surface area contributed by atoms with E-state index in [1.165, 1.54) is 0 Å². The lowest BCUT2D eigenvalue weighted by Gasteiger charge is -2.35. The van der Waals surface area contributed by atoms with Crippen LogP contribution in [0.2, 0.25) is 0 Å². The van der Waals surface area contributed by atoms with Gasteiger partial charge in [-0.05, 0) is 43.0 Å². The summed E-state index contributed by atoms with van der Waals surface area (Å²) in [5.74, 6) is 0.493. The van der Waals surface area contributed by atoms with Gasteiger partial charge in [0.05, 0.1) is 0 Å². The minimum absolute atomic E-state index is 0. The molecule has 3 rings (SSSR count). The van der Waals surface area contributed by atoms with E-state index in [0.717, 1.165) is 42.6 Å². The van der Waals surface area contributed by atoms with E-state index in [-0.39, 0.29) is 18.0 Å². The molecule has 1 aromatic carbocycles. The van der Waals surface area contributed by atoms with Gasteiger partial charge < -0.3 is 10.2 Å². The van der Waals surface area contributed by atoms with Gasteiger partial charge in [-0.3, -0.25) is 4.90 Å². The third kappa shape index (κ3) is 3.51. The van der Waals surface area contributed by atoms with Gasteiger partial charge in [-0.15, -0.1) is 12.4 Å². The SMILES string of the molecule is Cc1ccc2c(CN3CCC(N)C(C)C3)cc(=O)oc2c1.Cl. The summed E-state index contributed by atoms with van der Waals surface area (Å²) < 4.78 is 5.32. The highest BCUT2D eigenvalue weighted by Gasteiger charge is 2.23. The highest BCUT2D eigenvalue weighted by molar-refractivity contribution is 5.85. The third-order valence-electron chi connectivity index (χ3n) is 4.44. The first kappa shape index (κ1) is 17.0. The molecule has 2 N–H and O–H groups in total. The molecule has 120 valence electrons. The lowest BCUT2D eigenvalue weighted by molar-refractivity contribution is 0.158. The Bertz CT molecular complexity index is 713. The summed E-state index contributed by atoms with van der Waals surface area (Å²) in [6, 6.07) is 7.94. The second kappa shape index (κ2) is 6.82. The van der Waals surface area contributed by atoms with Crippen LogP contribution >= 0.6 is 12.4 Å². The first-order chi connectivity index (χ1) is 10.0. The quantitative estimate of drug-likeness (QED) is 0.864. The van der Waals surface area contributed by atoms with E-state index in [4.69, 9.17) is 10.2 Å². The molecule has 4 nitrogen and oxygen atoms in total. The number of aryl methyl sites for hydroxylation is 1. The van der Waals surface area contributed by atoms with Crippen molar-refractivity contribution < 1.29 is 4.42 Å². The number of fused-ring (bicyclic) bond motifs is 1. The predicted molar refractivity (Wildman–Crippen MR) is 91.5 cm³/mol. The van der Waals surface area contributed by atoms with Gasteiger partial charge in [0.25, 0.3) is 0 Å². The van der Waals surface area contributed by atoms with Crippen LogP contribution in [0.1, 0.15) is 24.5 Å². The maximum Gasteiger partial charge on any atom is 0.336 e. The van der Waals surface area contributed by atoms with E-state index in [0.29, 0.717) is 17.5 Å². The third-order valence-corrected chi connectivity index (χ3v) is 4.44. The number of hydrogen-bond acceptors (Lipinski definition) is 4. The Labute approximate surface area is 136 Å². The molecule has 1 fully saturated rings. The van der Waals surface area contributed by atoms with E-state index in [1.54, 1.807) is 6.07 Å². The van der Waals surface area contributed by atoms with E-state index < -0.39 is 0 Å². The van der Waals surface area contributed by atoms with Crippen molar-refractivity contribution in [3.05, 3.63) is 45.8 Å². The minimum atomic E-state index is -0.273. The number of nitrogens with two attached hydrogens (primary N) is 1. The molecule has 0 spiro atoms. The van der Waals surface area contributed by atoms with Gasteiger partial charge in [0.15, 0.2) is 0 Å². The number of benzene rings is 1. The number of nitrogens with zero attached hydrogens (tertiary/aromatic N) is 1. The van der Waals surface area contributed by atoms with Crippen LogP contribution in [-0.4, -0.2) is 24.0 Å². The molecule has 0 saturated carbocycles. The van der Waals surface area contributed by atoms with Gasteiger partial charge in [0.1, 0.15) is 5.58 Å². The lowest BCUT2D eigenvalue weighted by atomic mass is 9.94. The Morgan fingerprint density at radius 1 is 1.36 bits per heavy atom. The molecular formula is C17H23ClN2O2. The van der Waals surface area contributed by atoms with Gasteiger partial charge in [-0.25, -0.2) is 4.79 Å². The van der Waals surface area contributed by atoms with Crippen molar-refractivity contribution in [2.45, 2.75) is 32.9 Å². The minimum Gasteiger partial charge on any atom is -0.423 e. The van der Waals surface area contributed by atoms with Crippen LogP contribution in [0.25, 0.3) is 11.0 Å². The van der Waals surface area contributed by atoms with Crippen molar-refractivity contribution in [2.24, 2.45) is 11.7 Å². The van der Waals surface area contributed by atoms with Gasteiger partial charge >= 0.3 is 5.63 Å². The van der Waals surface area contributed by atoms with Gasteiger partial charge in [0, 0.05) is 30.6 Å². The molecule has 2 unspecified atom stereocenters. The maximum atomic E-state index is 11.8. The largest absolute Gasteiger partial charge is 0.423 e. The van der Waals surface area contributed by atoms with E-state index >= 15 is 0 Å². The molecule has 0 bridgehead atoms. The van der Waals surface area contributed by atoms with Gasteiger partial charge in [-0.1, -0.05) is 19.1 Å². The normalized spacial score (nSPS) is 22.5. The Morgan fingerprint density at radius 3 is 2.86 bits per heavy atom. The molecule has 2 aromatic rings. The molecule has 22 heavy (non-hydrogen) atoms. The van der Waals surface area contributed by atoms with Crippen molar-refractivity contribution in [1.82, 2.24) is 4.90 Å². The maximum absolute atomic E-state index is 11.8. The van der Waals surface area contributed by atoms with Crippen molar-refractivity contribution >= 4 is 23.4 Å². The number of piperidine rings is 1.